The zero-order valence-electron chi connectivity index (χ0n) is 17.7. The summed E-state index contributed by atoms with van der Waals surface area (Å²) in [6, 6.07) is 0. The number of carbonyl (C=O) groups excluding carboxylic acids is 2. The zero-order valence-corrected chi connectivity index (χ0v) is 23.2. The average Bonchev–Trinajstić information content (AvgIpc) is 2.65. The molecule has 0 unspecified atom stereocenters. The molecule has 0 amide bonds. The molecule has 0 aliphatic rings. The second kappa shape index (κ2) is 20.1. The summed E-state index contributed by atoms with van der Waals surface area (Å²) < 4.78 is 10.7. The fourth-order valence-corrected chi connectivity index (χ4v) is 8.61. The van der Waals surface area contributed by atoms with Crippen LogP contribution in [-0.2, 0) is 15.8 Å². The molecule has 0 rings (SSSR count). The summed E-state index contributed by atoms with van der Waals surface area (Å²) in [5, 5.41) is 0. The molecule has 29 heavy (non-hydrogen) atoms. The first kappa shape index (κ1) is 29.2. The molecule has 7 heteroatoms. The van der Waals surface area contributed by atoms with Crippen LogP contribution in [0.5, 0.6) is 0 Å². The Bertz CT molecular complexity index is 430. The topological polar surface area (TPSA) is 52.6 Å². The van der Waals surface area contributed by atoms with E-state index in [1.54, 1.807) is 0 Å². The first-order chi connectivity index (χ1) is 13.9. The third kappa shape index (κ3) is 21.2. The Morgan fingerprint density at radius 1 is 0.621 bits per heavy atom. The number of allylic oxidation sites excluding steroid dienone is 2. The van der Waals surface area contributed by atoms with E-state index in [0.717, 1.165) is 51.4 Å². The standard InChI is InChI=1S/C22H38Br2O4Te/c1-3-5-7-9-11-13-15-17-19-21(25)27-29(23,24)28-22(26)20-18-16-14-12-10-8-6-4-2/h3-4H,1-2,5-20H2. The summed E-state index contributed by atoms with van der Waals surface area (Å²) in [7, 11) is 0. The predicted molar refractivity (Wildman–Crippen MR) is 130 cm³/mol. The van der Waals surface area contributed by atoms with Crippen molar-refractivity contribution in [3.63, 3.8) is 0 Å². The van der Waals surface area contributed by atoms with Crippen molar-refractivity contribution in [3.8, 4) is 0 Å². The third-order valence-corrected chi connectivity index (χ3v) is 10.2. The van der Waals surface area contributed by atoms with Crippen LogP contribution in [0, 0.1) is 0 Å². The molecule has 0 aliphatic heterocycles. The first-order valence-corrected chi connectivity index (χ1v) is 23.1. The number of hydrogen-bond acceptors (Lipinski definition) is 4. The average molecular weight is 654 g/mol. The van der Waals surface area contributed by atoms with Crippen molar-refractivity contribution >= 4 is 52.0 Å². The van der Waals surface area contributed by atoms with Gasteiger partial charge in [-0.2, -0.15) is 0 Å². The van der Waals surface area contributed by atoms with E-state index in [-0.39, 0.29) is 11.9 Å². The molecular formula is C22H38Br2O4Te. The van der Waals surface area contributed by atoms with Gasteiger partial charge in [0.15, 0.2) is 0 Å². The number of rotatable bonds is 20. The van der Waals surface area contributed by atoms with Gasteiger partial charge >= 0.3 is 196 Å². The van der Waals surface area contributed by atoms with Gasteiger partial charge in [0, 0.05) is 0 Å². The molecular weight excluding hydrogens is 616 g/mol. The molecule has 0 bridgehead atoms. The molecule has 170 valence electrons. The monoisotopic (exact) mass is 654 g/mol. The van der Waals surface area contributed by atoms with E-state index in [0.29, 0.717) is 12.8 Å². The summed E-state index contributed by atoms with van der Waals surface area (Å²) in [4.78, 5) is 24.0. The van der Waals surface area contributed by atoms with Crippen LogP contribution in [0.4, 0.5) is 0 Å². The van der Waals surface area contributed by atoms with Crippen molar-refractivity contribution in [3.05, 3.63) is 25.3 Å². The molecule has 0 saturated heterocycles. The first-order valence-electron chi connectivity index (χ1n) is 10.8. The van der Waals surface area contributed by atoms with Crippen molar-refractivity contribution in [2.24, 2.45) is 0 Å². The van der Waals surface area contributed by atoms with E-state index in [1.165, 1.54) is 38.5 Å². The number of halogens is 2. The van der Waals surface area contributed by atoms with Crippen LogP contribution in [0.2, 0.25) is 0 Å². The van der Waals surface area contributed by atoms with Crippen LogP contribution >= 0.6 is 25.5 Å². The van der Waals surface area contributed by atoms with Gasteiger partial charge in [0.2, 0.25) is 0 Å². The number of carbonyl (C=O) groups is 2. The van der Waals surface area contributed by atoms with Gasteiger partial charge in [0.1, 0.15) is 0 Å². The fraction of sp³-hybridized carbons (Fsp3) is 0.727. The Morgan fingerprint density at radius 2 is 0.931 bits per heavy atom. The Labute approximate surface area is 194 Å². The minimum atomic E-state index is -3.67. The summed E-state index contributed by atoms with van der Waals surface area (Å²) in [5.74, 6) is -0.613. The van der Waals surface area contributed by atoms with Gasteiger partial charge < -0.3 is 0 Å². The van der Waals surface area contributed by atoms with E-state index in [9.17, 15) is 9.59 Å². The molecule has 4 nitrogen and oxygen atoms in total. The van der Waals surface area contributed by atoms with Crippen LogP contribution in [0.25, 0.3) is 0 Å². The van der Waals surface area contributed by atoms with Gasteiger partial charge in [-0.15, -0.1) is 0 Å². The van der Waals surface area contributed by atoms with Crippen molar-refractivity contribution < 1.29 is 15.8 Å². The normalized spacial score (nSPS) is 11.7. The van der Waals surface area contributed by atoms with Crippen LogP contribution in [-0.4, -0.2) is 26.5 Å². The summed E-state index contributed by atoms with van der Waals surface area (Å²) >= 11 is 2.94. The Balaban J connectivity index is 3.72. The maximum atomic E-state index is 12.0. The van der Waals surface area contributed by atoms with Crippen molar-refractivity contribution in [2.75, 3.05) is 0 Å². The van der Waals surface area contributed by atoms with Gasteiger partial charge in [-0.1, -0.05) is 0 Å². The van der Waals surface area contributed by atoms with E-state index in [1.807, 2.05) is 12.2 Å². The molecule has 0 saturated carbocycles. The second-order valence-electron chi connectivity index (χ2n) is 7.19. The molecule has 0 heterocycles. The molecule has 0 aliphatic carbocycles. The number of unbranched alkanes of at least 4 members (excludes halogenated alkanes) is 12. The summed E-state index contributed by atoms with van der Waals surface area (Å²) in [6.45, 7) is 7.44. The molecule has 0 aromatic carbocycles. The number of hydrogen-bond donors (Lipinski definition) is 0. The summed E-state index contributed by atoms with van der Waals surface area (Å²) in [5.41, 5.74) is 0. The molecule has 0 aromatic rings. The maximum absolute atomic E-state index is 12.0. The molecule has 0 radical (unpaired) electrons. The SMILES string of the molecule is C=CCCCCCCCCC(=O)O[Te](Br)(Br)OC(=O)CCCCCCCCC=C. The van der Waals surface area contributed by atoms with Crippen LogP contribution < -0.4 is 0 Å². The Kier molecular flexibility index (Phi) is 20.2. The molecule has 0 N–H and O–H groups in total. The van der Waals surface area contributed by atoms with Gasteiger partial charge in [-0.25, -0.2) is 0 Å². The second-order valence-corrected chi connectivity index (χ2v) is 27.6. The third-order valence-electron chi connectivity index (χ3n) is 4.46. The van der Waals surface area contributed by atoms with E-state index >= 15 is 0 Å². The molecule has 0 atom stereocenters. The molecule has 0 fully saturated rings. The van der Waals surface area contributed by atoms with Crippen molar-refractivity contribution in [2.45, 2.75) is 103 Å². The minimum absolute atomic E-state index is 0.307. The predicted octanol–water partition coefficient (Wildman–Crippen LogP) is 7.91. The van der Waals surface area contributed by atoms with Crippen molar-refractivity contribution in [1.82, 2.24) is 0 Å². The van der Waals surface area contributed by atoms with Gasteiger partial charge in [0.25, 0.3) is 0 Å². The van der Waals surface area contributed by atoms with Crippen LogP contribution in [0.1, 0.15) is 103 Å². The van der Waals surface area contributed by atoms with Crippen LogP contribution in [0.15, 0.2) is 25.3 Å². The van der Waals surface area contributed by atoms with E-state index < -0.39 is 14.6 Å². The van der Waals surface area contributed by atoms with E-state index in [4.69, 9.17) is 6.20 Å². The Hall–Kier alpha value is 0.170. The zero-order chi connectivity index (χ0) is 21.8. The van der Waals surface area contributed by atoms with Crippen LogP contribution in [0.3, 0.4) is 0 Å². The molecule has 0 aromatic heterocycles. The van der Waals surface area contributed by atoms with E-state index in [2.05, 4.69) is 38.7 Å². The fourth-order valence-electron chi connectivity index (χ4n) is 2.85. The quantitative estimate of drug-likeness (QED) is 0.0762. The van der Waals surface area contributed by atoms with Gasteiger partial charge in [-0.3, -0.25) is 0 Å². The van der Waals surface area contributed by atoms with Gasteiger partial charge in [-0.05, 0) is 0 Å². The Morgan fingerprint density at radius 3 is 1.28 bits per heavy atom. The van der Waals surface area contributed by atoms with Crippen molar-refractivity contribution in [1.29, 1.82) is 0 Å². The molecule has 0 spiro atoms. The summed E-state index contributed by atoms with van der Waals surface area (Å²) in [6.07, 6.45) is 19.9. The van der Waals surface area contributed by atoms with Gasteiger partial charge in [0.05, 0.1) is 0 Å².